The second kappa shape index (κ2) is 5.31. The lowest BCUT2D eigenvalue weighted by atomic mass is 9.84. The Hall–Kier alpha value is -0.0800. The molecule has 0 spiro atoms. The van der Waals surface area contributed by atoms with Gasteiger partial charge in [0.05, 0.1) is 0 Å². The quantitative estimate of drug-likeness (QED) is 0.754. The Morgan fingerprint density at radius 3 is 2.40 bits per heavy atom. The van der Waals surface area contributed by atoms with Crippen LogP contribution >= 0.6 is 0 Å². The Labute approximate surface area is 94.2 Å². The van der Waals surface area contributed by atoms with Crippen molar-refractivity contribution in [3.05, 3.63) is 0 Å². The Balaban J connectivity index is 1.66. The number of hydrogen-bond acceptors (Lipinski definition) is 2. The molecule has 2 nitrogen and oxygen atoms in total. The molecule has 2 aliphatic carbocycles. The first kappa shape index (κ1) is 11.4. The van der Waals surface area contributed by atoms with E-state index in [0.29, 0.717) is 6.04 Å². The molecular formula is C13H26N2. The van der Waals surface area contributed by atoms with Gasteiger partial charge < -0.3 is 10.6 Å². The normalized spacial score (nSPS) is 25.8. The topological polar surface area (TPSA) is 29.3 Å². The minimum atomic E-state index is 0.425. The van der Waals surface area contributed by atoms with Gasteiger partial charge >= 0.3 is 0 Å². The van der Waals surface area contributed by atoms with Crippen LogP contribution in [0.4, 0.5) is 0 Å². The maximum Gasteiger partial charge on any atom is 0.0196 e. The molecule has 15 heavy (non-hydrogen) atoms. The molecule has 1 atom stereocenters. The largest absolute Gasteiger partial charge is 0.326 e. The van der Waals surface area contributed by atoms with Crippen LogP contribution < -0.4 is 5.73 Å². The van der Waals surface area contributed by atoms with Crippen molar-refractivity contribution >= 4 is 0 Å². The highest BCUT2D eigenvalue weighted by molar-refractivity contribution is 4.81. The van der Waals surface area contributed by atoms with Gasteiger partial charge in [0.2, 0.25) is 0 Å². The van der Waals surface area contributed by atoms with Gasteiger partial charge in [-0.25, -0.2) is 0 Å². The fraction of sp³-hybridized carbons (Fsp3) is 1.00. The van der Waals surface area contributed by atoms with Crippen LogP contribution in [0.25, 0.3) is 0 Å². The van der Waals surface area contributed by atoms with Crippen LogP contribution in [-0.4, -0.2) is 31.1 Å². The predicted octanol–water partition coefficient (Wildman–Crippen LogP) is 2.24. The molecule has 1 unspecified atom stereocenters. The summed E-state index contributed by atoms with van der Waals surface area (Å²) in [6.07, 6.45) is 9.89. The first-order valence-electron chi connectivity index (χ1n) is 6.70. The van der Waals surface area contributed by atoms with Crippen molar-refractivity contribution in [1.82, 2.24) is 4.90 Å². The number of rotatable bonds is 5. The van der Waals surface area contributed by atoms with E-state index < -0.39 is 0 Å². The van der Waals surface area contributed by atoms with E-state index in [-0.39, 0.29) is 0 Å². The summed E-state index contributed by atoms with van der Waals surface area (Å²) in [5.41, 5.74) is 6.30. The van der Waals surface area contributed by atoms with Crippen LogP contribution in [0, 0.1) is 11.8 Å². The van der Waals surface area contributed by atoms with Crippen molar-refractivity contribution in [1.29, 1.82) is 0 Å². The van der Waals surface area contributed by atoms with Crippen LogP contribution in [0.1, 0.15) is 44.9 Å². The summed E-state index contributed by atoms with van der Waals surface area (Å²) < 4.78 is 0. The maximum absolute atomic E-state index is 6.30. The lowest BCUT2D eigenvalue weighted by molar-refractivity contribution is 0.228. The minimum absolute atomic E-state index is 0.425. The molecule has 2 N–H and O–H groups in total. The highest BCUT2D eigenvalue weighted by Crippen LogP contribution is 2.30. The van der Waals surface area contributed by atoms with Gasteiger partial charge in [-0.3, -0.25) is 0 Å². The summed E-state index contributed by atoms with van der Waals surface area (Å²) in [5.74, 6) is 1.80. The minimum Gasteiger partial charge on any atom is -0.326 e. The van der Waals surface area contributed by atoms with E-state index in [9.17, 15) is 0 Å². The Kier molecular flexibility index (Phi) is 4.04. The van der Waals surface area contributed by atoms with E-state index >= 15 is 0 Å². The van der Waals surface area contributed by atoms with Gasteiger partial charge in [0.15, 0.2) is 0 Å². The molecule has 88 valence electrons. The van der Waals surface area contributed by atoms with Crippen molar-refractivity contribution in [2.45, 2.75) is 51.0 Å². The second-order valence-corrected chi connectivity index (χ2v) is 5.73. The van der Waals surface area contributed by atoms with Crippen molar-refractivity contribution in [2.24, 2.45) is 17.6 Å². The van der Waals surface area contributed by atoms with E-state index in [1.54, 1.807) is 0 Å². The predicted molar refractivity (Wildman–Crippen MR) is 64.8 cm³/mol. The fourth-order valence-corrected chi connectivity index (χ4v) is 2.89. The Morgan fingerprint density at radius 2 is 1.80 bits per heavy atom. The summed E-state index contributed by atoms with van der Waals surface area (Å²) >= 11 is 0. The summed E-state index contributed by atoms with van der Waals surface area (Å²) in [4.78, 5) is 2.46. The third-order valence-corrected chi connectivity index (χ3v) is 4.04. The number of nitrogens with two attached hydrogens (primary N) is 1. The molecule has 2 aliphatic rings. The summed E-state index contributed by atoms with van der Waals surface area (Å²) in [7, 11) is 2.24. The molecule has 2 fully saturated rings. The molecule has 0 aromatic rings. The molecule has 0 amide bonds. The van der Waals surface area contributed by atoms with Gasteiger partial charge in [0, 0.05) is 19.1 Å². The summed E-state index contributed by atoms with van der Waals surface area (Å²) in [6.45, 7) is 2.39. The van der Waals surface area contributed by atoms with E-state index in [0.717, 1.165) is 18.4 Å². The van der Waals surface area contributed by atoms with Gasteiger partial charge in [0.1, 0.15) is 0 Å². The molecule has 2 rings (SSSR count). The average Bonchev–Trinajstić information content (AvgIpc) is 3.03. The molecule has 2 heteroatoms. The molecule has 0 bridgehead atoms. The van der Waals surface area contributed by atoms with E-state index in [4.69, 9.17) is 5.73 Å². The zero-order valence-corrected chi connectivity index (χ0v) is 10.1. The van der Waals surface area contributed by atoms with Crippen molar-refractivity contribution in [3.8, 4) is 0 Å². The monoisotopic (exact) mass is 210 g/mol. The summed E-state index contributed by atoms with van der Waals surface area (Å²) in [5, 5.41) is 0. The second-order valence-electron chi connectivity index (χ2n) is 5.73. The van der Waals surface area contributed by atoms with Crippen LogP contribution in [0.2, 0.25) is 0 Å². The van der Waals surface area contributed by atoms with Crippen molar-refractivity contribution in [3.63, 3.8) is 0 Å². The Bertz CT molecular complexity index is 183. The lowest BCUT2D eigenvalue weighted by Gasteiger charge is -2.30. The van der Waals surface area contributed by atoms with E-state index in [2.05, 4.69) is 11.9 Å². The highest BCUT2D eigenvalue weighted by Gasteiger charge is 2.25. The van der Waals surface area contributed by atoms with Crippen LogP contribution in [0.5, 0.6) is 0 Å². The standard InChI is InChI=1S/C13H26N2/c1-15(9-11-7-8-11)10-13(14)12-5-3-2-4-6-12/h11-13H,2-10,14H2,1H3. The van der Waals surface area contributed by atoms with Crippen LogP contribution in [0.3, 0.4) is 0 Å². The SMILES string of the molecule is CN(CC1CC1)CC(N)C1CCCCC1. The zero-order valence-electron chi connectivity index (χ0n) is 10.1. The van der Waals surface area contributed by atoms with Gasteiger partial charge in [-0.15, -0.1) is 0 Å². The Morgan fingerprint density at radius 1 is 1.13 bits per heavy atom. The molecule has 0 radical (unpaired) electrons. The maximum atomic E-state index is 6.30. The number of likely N-dealkylation sites (N-methyl/N-ethyl adjacent to an activating group) is 1. The summed E-state index contributed by atoms with van der Waals surface area (Å²) in [6, 6.07) is 0.425. The lowest BCUT2D eigenvalue weighted by Crippen LogP contribution is -2.42. The molecule has 0 aromatic heterocycles. The third kappa shape index (κ3) is 3.76. The molecule has 2 saturated carbocycles. The van der Waals surface area contributed by atoms with Crippen LogP contribution in [0.15, 0.2) is 0 Å². The third-order valence-electron chi connectivity index (χ3n) is 4.04. The highest BCUT2D eigenvalue weighted by atomic mass is 15.1. The molecular weight excluding hydrogens is 184 g/mol. The van der Waals surface area contributed by atoms with Crippen molar-refractivity contribution < 1.29 is 0 Å². The first-order chi connectivity index (χ1) is 7.25. The molecule has 0 heterocycles. The van der Waals surface area contributed by atoms with E-state index in [1.165, 1.54) is 51.5 Å². The average molecular weight is 210 g/mol. The van der Waals surface area contributed by atoms with E-state index in [1.807, 2.05) is 0 Å². The number of hydrogen-bond donors (Lipinski definition) is 1. The zero-order chi connectivity index (χ0) is 10.7. The fourth-order valence-electron chi connectivity index (χ4n) is 2.89. The van der Waals surface area contributed by atoms with Crippen LogP contribution in [-0.2, 0) is 0 Å². The smallest absolute Gasteiger partial charge is 0.0196 e. The van der Waals surface area contributed by atoms with Crippen molar-refractivity contribution in [2.75, 3.05) is 20.1 Å². The molecule has 0 saturated heterocycles. The van der Waals surface area contributed by atoms with Gasteiger partial charge in [-0.05, 0) is 44.6 Å². The molecule has 0 aliphatic heterocycles. The number of nitrogens with zero attached hydrogens (tertiary/aromatic N) is 1. The first-order valence-corrected chi connectivity index (χ1v) is 6.70. The van der Waals surface area contributed by atoms with Gasteiger partial charge in [0.25, 0.3) is 0 Å². The van der Waals surface area contributed by atoms with Gasteiger partial charge in [-0.2, -0.15) is 0 Å². The van der Waals surface area contributed by atoms with Gasteiger partial charge in [-0.1, -0.05) is 19.3 Å². The molecule has 0 aromatic carbocycles.